The molecule has 18 heavy (non-hydrogen) atoms. The van der Waals surface area contributed by atoms with Crippen LogP contribution in [0.3, 0.4) is 0 Å². The minimum atomic E-state index is 0.315. The highest BCUT2D eigenvalue weighted by atomic mass is 79.9. The van der Waals surface area contributed by atoms with Gasteiger partial charge in [0.1, 0.15) is 16.2 Å². The molecule has 0 aromatic carbocycles. The van der Waals surface area contributed by atoms with E-state index in [9.17, 15) is 0 Å². The average molecular weight is 310 g/mol. The van der Waals surface area contributed by atoms with E-state index < -0.39 is 0 Å². The molecule has 2 aromatic rings. The normalized spacial score (nSPS) is 10.9. The summed E-state index contributed by atoms with van der Waals surface area (Å²) in [7, 11) is 0. The van der Waals surface area contributed by atoms with E-state index in [2.05, 4.69) is 55.0 Å². The smallest absolute Gasteiger partial charge is 0.134 e. The van der Waals surface area contributed by atoms with E-state index in [0.29, 0.717) is 5.92 Å². The molecule has 0 radical (unpaired) electrons. The number of H-pyrrole nitrogens is 1. The first-order valence-electron chi connectivity index (χ1n) is 5.90. The Morgan fingerprint density at radius 1 is 1.39 bits per heavy atom. The zero-order chi connectivity index (χ0) is 13.0. The Bertz CT molecular complexity index is 495. The summed E-state index contributed by atoms with van der Waals surface area (Å²) in [5.74, 6) is 2.00. The van der Waals surface area contributed by atoms with Crippen molar-refractivity contribution in [2.45, 2.75) is 26.2 Å². The van der Waals surface area contributed by atoms with Gasteiger partial charge in [0.05, 0.1) is 6.33 Å². The Balaban J connectivity index is 1.96. The molecule has 0 aliphatic carbocycles. The highest BCUT2D eigenvalue weighted by Gasteiger charge is 2.06. The van der Waals surface area contributed by atoms with Gasteiger partial charge < -0.3 is 10.3 Å². The quantitative estimate of drug-likeness (QED) is 0.833. The van der Waals surface area contributed by atoms with Crippen LogP contribution < -0.4 is 5.32 Å². The predicted molar refractivity (Wildman–Crippen MR) is 74.6 cm³/mol. The molecule has 0 bridgehead atoms. The minimum absolute atomic E-state index is 0.315. The topological polar surface area (TPSA) is 66.5 Å². The van der Waals surface area contributed by atoms with Crippen LogP contribution in [0.1, 0.15) is 31.3 Å². The lowest BCUT2D eigenvalue weighted by Crippen LogP contribution is -2.09. The van der Waals surface area contributed by atoms with E-state index in [4.69, 9.17) is 0 Å². The maximum atomic E-state index is 4.47. The Morgan fingerprint density at radius 2 is 2.22 bits per heavy atom. The van der Waals surface area contributed by atoms with Crippen molar-refractivity contribution in [3.63, 3.8) is 0 Å². The molecular weight excluding hydrogens is 294 g/mol. The lowest BCUT2D eigenvalue weighted by Gasteiger charge is -2.09. The van der Waals surface area contributed by atoms with Gasteiger partial charge >= 0.3 is 0 Å². The second-order valence-electron chi connectivity index (χ2n) is 4.34. The van der Waals surface area contributed by atoms with E-state index in [-0.39, 0.29) is 0 Å². The first-order chi connectivity index (χ1) is 8.65. The molecule has 5 nitrogen and oxygen atoms in total. The summed E-state index contributed by atoms with van der Waals surface area (Å²) < 4.78 is 0.810. The fraction of sp³-hybridized carbons (Fsp3) is 0.417. The molecule has 6 heteroatoms. The van der Waals surface area contributed by atoms with Gasteiger partial charge in [-0.3, -0.25) is 0 Å². The predicted octanol–water partition coefficient (Wildman–Crippen LogP) is 2.74. The van der Waals surface area contributed by atoms with Gasteiger partial charge in [0, 0.05) is 36.8 Å². The number of hydrogen-bond acceptors (Lipinski definition) is 4. The second-order valence-corrected chi connectivity index (χ2v) is 5.15. The SMILES string of the molecule is CC(C)c1nc(Br)cc(NCCc2cnc[nH]2)n1. The van der Waals surface area contributed by atoms with Gasteiger partial charge in [0.25, 0.3) is 0 Å². The first kappa shape index (κ1) is 13.0. The van der Waals surface area contributed by atoms with E-state index in [0.717, 1.165) is 34.9 Å². The summed E-state index contributed by atoms with van der Waals surface area (Å²) in [4.78, 5) is 15.9. The van der Waals surface area contributed by atoms with Gasteiger partial charge in [-0.25, -0.2) is 15.0 Å². The number of aromatic nitrogens is 4. The molecule has 0 spiro atoms. The van der Waals surface area contributed by atoms with E-state index >= 15 is 0 Å². The molecule has 0 atom stereocenters. The van der Waals surface area contributed by atoms with Crippen LogP contribution in [0.2, 0.25) is 0 Å². The monoisotopic (exact) mass is 309 g/mol. The molecule has 2 aromatic heterocycles. The highest BCUT2D eigenvalue weighted by molar-refractivity contribution is 9.10. The fourth-order valence-corrected chi connectivity index (χ4v) is 1.93. The van der Waals surface area contributed by atoms with E-state index in [1.165, 1.54) is 0 Å². The first-order valence-corrected chi connectivity index (χ1v) is 6.70. The van der Waals surface area contributed by atoms with Gasteiger partial charge in [0.15, 0.2) is 0 Å². The number of rotatable bonds is 5. The molecular formula is C12H16BrN5. The molecule has 0 amide bonds. The zero-order valence-electron chi connectivity index (χ0n) is 10.4. The number of halogens is 1. The van der Waals surface area contributed by atoms with Crippen LogP contribution in [0.4, 0.5) is 5.82 Å². The Morgan fingerprint density at radius 3 is 2.89 bits per heavy atom. The molecule has 0 saturated heterocycles. The molecule has 0 aliphatic heterocycles. The van der Waals surface area contributed by atoms with Crippen molar-refractivity contribution in [3.8, 4) is 0 Å². The zero-order valence-corrected chi connectivity index (χ0v) is 12.0. The van der Waals surface area contributed by atoms with Gasteiger partial charge in [-0.2, -0.15) is 0 Å². The lowest BCUT2D eigenvalue weighted by atomic mass is 10.2. The molecule has 96 valence electrons. The average Bonchev–Trinajstić information content (AvgIpc) is 2.81. The number of imidazole rings is 1. The van der Waals surface area contributed by atoms with Crippen LogP contribution in [0.15, 0.2) is 23.2 Å². The van der Waals surface area contributed by atoms with Crippen molar-refractivity contribution in [1.82, 2.24) is 19.9 Å². The van der Waals surface area contributed by atoms with E-state index in [1.54, 1.807) is 6.33 Å². The van der Waals surface area contributed by atoms with Crippen molar-refractivity contribution >= 4 is 21.7 Å². The summed E-state index contributed by atoms with van der Waals surface area (Å²) in [6.07, 6.45) is 4.41. The fourth-order valence-electron chi connectivity index (χ4n) is 1.53. The minimum Gasteiger partial charge on any atom is -0.370 e. The Kier molecular flexibility index (Phi) is 4.30. The number of anilines is 1. The Labute approximate surface area is 115 Å². The van der Waals surface area contributed by atoms with Crippen molar-refractivity contribution in [3.05, 3.63) is 34.7 Å². The maximum absolute atomic E-state index is 4.47. The van der Waals surface area contributed by atoms with Crippen LogP contribution in [0.5, 0.6) is 0 Å². The van der Waals surface area contributed by atoms with Crippen LogP contribution in [-0.4, -0.2) is 26.5 Å². The maximum Gasteiger partial charge on any atom is 0.134 e. The third-order valence-corrected chi connectivity index (χ3v) is 2.89. The number of nitrogens with zero attached hydrogens (tertiary/aromatic N) is 3. The number of aromatic amines is 1. The molecule has 0 saturated carbocycles. The van der Waals surface area contributed by atoms with Crippen molar-refractivity contribution < 1.29 is 0 Å². The molecule has 0 fully saturated rings. The molecule has 2 rings (SSSR count). The van der Waals surface area contributed by atoms with Crippen molar-refractivity contribution in [1.29, 1.82) is 0 Å². The third kappa shape index (κ3) is 3.53. The van der Waals surface area contributed by atoms with Crippen LogP contribution in [0.25, 0.3) is 0 Å². The summed E-state index contributed by atoms with van der Waals surface area (Å²) in [5.41, 5.74) is 1.11. The summed E-state index contributed by atoms with van der Waals surface area (Å²) in [5, 5.41) is 3.29. The van der Waals surface area contributed by atoms with Crippen molar-refractivity contribution in [2.75, 3.05) is 11.9 Å². The molecule has 0 unspecified atom stereocenters. The number of nitrogens with one attached hydrogen (secondary N) is 2. The number of hydrogen-bond donors (Lipinski definition) is 2. The van der Waals surface area contributed by atoms with Crippen LogP contribution in [0, 0.1) is 0 Å². The van der Waals surface area contributed by atoms with Crippen molar-refractivity contribution in [2.24, 2.45) is 0 Å². The van der Waals surface area contributed by atoms with Gasteiger partial charge in [-0.15, -0.1) is 0 Å². The van der Waals surface area contributed by atoms with E-state index in [1.807, 2.05) is 12.3 Å². The Hall–Kier alpha value is -1.43. The van der Waals surface area contributed by atoms with Crippen LogP contribution >= 0.6 is 15.9 Å². The lowest BCUT2D eigenvalue weighted by molar-refractivity contribution is 0.769. The summed E-state index contributed by atoms with van der Waals surface area (Å²) >= 11 is 3.40. The standard InChI is InChI=1S/C12H16BrN5/c1-8(2)12-17-10(13)5-11(18-12)15-4-3-9-6-14-7-16-9/h5-8H,3-4H2,1-2H3,(H,14,16)(H,15,17,18). The second kappa shape index (κ2) is 5.95. The molecule has 0 aliphatic rings. The van der Waals surface area contributed by atoms with Gasteiger partial charge in [-0.1, -0.05) is 13.8 Å². The largest absolute Gasteiger partial charge is 0.370 e. The molecule has 2 heterocycles. The molecule has 2 N–H and O–H groups in total. The van der Waals surface area contributed by atoms with Crippen LogP contribution in [-0.2, 0) is 6.42 Å². The van der Waals surface area contributed by atoms with Gasteiger partial charge in [-0.05, 0) is 15.9 Å². The summed E-state index contributed by atoms with van der Waals surface area (Å²) in [6.45, 7) is 4.97. The van der Waals surface area contributed by atoms with Gasteiger partial charge in [0.2, 0.25) is 0 Å². The highest BCUT2D eigenvalue weighted by Crippen LogP contribution is 2.17. The third-order valence-electron chi connectivity index (χ3n) is 2.48. The summed E-state index contributed by atoms with van der Waals surface area (Å²) in [6, 6.07) is 1.89.